The Labute approximate surface area is 215 Å². The number of methoxy groups -OCH3 is 2. The molecule has 5 aromatic rings. The summed E-state index contributed by atoms with van der Waals surface area (Å²) in [5.74, 6) is -1.95. The predicted molar refractivity (Wildman–Crippen MR) is 137 cm³/mol. The van der Waals surface area contributed by atoms with Crippen LogP contribution in [0.4, 0.5) is 0 Å². The molecule has 184 valence electrons. The summed E-state index contributed by atoms with van der Waals surface area (Å²) in [5, 5.41) is 12.1. The van der Waals surface area contributed by atoms with Crippen LogP contribution in [0.1, 0.15) is 16.7 Å². The third-order valence-electron chi connectivity index (χ3n) is 6.38. The van der Waals surface area contributed by atoms with Gasteiger partial charge in [-0.15, -0.1) is 0 Å². The molecule has 0 saturated carbocycles. The van der Waals surface area contributed by atoms with Crippen molar-refractivity contribution in [2.75, 3.05) is 14.2 Å². The molecular weight excluding hydrogens is 492 g/mol. The molecule has 2 aromatic heterocycles. The lowest BCUT2D eigenvalue weighted by Crippen LogP contribution is -2.30. The van der Waals surface area contributed by atoms with Gasteiger partial charge in [0.25, 0.3) is 5.79 Å². The van der Waals surface area contributed by atoms with Crippen molar-refractivity contribution in [3.63, 3.8) is 0 Å². The summed E-state index contributed by atoms with van der Waals surface area (Å²) in [6, 6.07) is 15.9. The third-order valence-corrected chi connectivity index (χ3v) is 6.94. The van der Waals surface area contributed by atoms with Gasteiger partial charge in [-0.05, 0) is 53.6 Å². The fourth-order valence-corrected chi connectivity index (χ4v) is 5.11. The molecule has 3 aromatic carbocycles. The van der Waals surface area contributed by atoms with E-state index in [9.17, 15) is 9.90 Å². The average molecular weight is 513 g/mol. The van der Waals surface area contributed by atoms with Crippen LogP contribution in [0.2, 0.25) is 0 Å². The van der Waals surface area contributed by atoms with E-state index in [2.05, 4.69) is 18.7 Å². The van der Waals surface area contributed by atoms with Crippen LogP contribution in [0.25, 0.3) is 27.6 Å². The molecule has 1 aliphatic heterocycles. The maximum atomic E-state index is 13.4. The Hall–Kier alpha value is -4.41. The number of esters is 1. The van der Waals surface area contributed by atoms with E-state index in [1.165, 1.54) is 14.2 Å². The standard InChI is InChI=1S/C27H20N4O5S/c1-34-17-5-8-24(35-2)18(14-17)27(33)19(11-15-3-6-20-22(12-15)29-10-9-28-20)25(26(32)36-27)16-4-7-21-23(13-16)31-37-30-21/h3-10,12-14,33H,11H2,1-2H3. The lowest BCUT2D eigenvalue weighted by molar-refractivity contribution is -0.185. The molecule has 1 unspecified atom stereocenters. The van der Waals surface area contributed by atoms with Crippen LogP contribution in [0, 0.1) is 0 Å². The minimum absolute atomic E-state index is 0.192. The van der Waals surface area contributed by atoms with Crippen LogP contribution in [-0.2, 0) is 21.7 Å². The first-order valence-corrected chi connectivity index (χ1v) is 12.1. The van der Waals surface area contributed by atoms with Crippen LogP contribution < -0.4 is 9.47 Å². The van der Waals surface area contributed by atoms with E-state index >= 15 is 0 Å². The maximum Gasteiger partial charge on any atom is 0.342 e. The summed E-state index contributed by atoms with van der Waals surface area (Å²) in [6.45, 7) is 0. The van der Waals surface area contributed by atoms with Crippen LogP contribution in [-0.4, -0.2) is 44.0 Å². The summed E-state index contributed by atoms with van der Waals surface area (Å²) >= 11 is 1.09. The van der Waals surface area contributed by atoms with Gasteiger partial charge < -0.3 is 19.3 Å². The molecular formula is C27H20N4O5S. The highest BCUT2D eigenvalue weighted by Gasteiger charge is 2.50. The van der Waals surface area contributed by atoms with E-state index in [4.69, 9.17) is 14.2 Å². The zero-order valence-electron chi connectivity index (χ0n) is 19.8. The summed E-state index contributed by atoms with van der Waals surface area (Å²) < 4.78 is 25.2. The highest BCUT2D eigenvalue weighted by atomic mass is 32.1. The molecule has 0 radical (unpaired) electrons. The number of nitrogens with zero attached hydrogens (tertiary/aromatic N) is 4. The second-order valence-corrected chi connectivity index (χ2v) is 9.01. The maximum absolute atomic E-state index is 13.4. The summed E-state index contributed by atoms with van der Waals surface area (Å²) in [5.41, 5.74) is 5.06. The summed E-state index contributed by atoms with van der Waals surface area (Å²) in [6.07, 6.45) is 3.44. The van der Waals surface area contributed by atoms with Gasteiger partial charge >= 0.3 is 5.97 Å². The molecule has 0 spiro atoms. The SMILES string of the molecule is COc1ccc(OC)c(C2(O)OC(=O)C(c3ccc4nsnc4c3)=C2Cc2ccc3nccnc3c2)c1. The second kappa shape index (κ2) is 8.91. The van der Waals surface area contributed by atoms with E-state index in [-0.39, 0.29) is 17.6 Å². The first-order chi connectivity index (χ1) is 18.0. The van der Waals surface area contributed by atoms with Crippen LogP contribution in [0.3, 0.4) is 0 Å². The number of fused-ring (bicyclic) bond motifs is 2. The van der Waals surface area contributed by atoms with E-state index < -0.39 is 11.8 Å². The number of aliphatic hydroxyl groups is 1. The van der Waals surface area contributed by atoms with Gasteiger partial charge in [-0.3, -0.25) is 9.97 Å². The Morgan fingerprint density at radius 3 is 2.49 bits per heavy atom. The largest absolute Gasteiger partial charge is 0.497 e. The minimum Gasteiger partial charge on any atom is -0.497 e. The zero-order chi connectivity index (χ0) is 25.6. The third kappa shape index (κ3) is 3.87. The molecule has 1 aliphatic rings. The van der Waals surface area contributed by atoms with Gasteiger partial charge in [0, 0.05) is 24.4 Å². The number of ether oxygens (including phenoxy) is 3. The van der Waals surface area contributed by atoms with Gasteiger partial charge in [0.2, 0.25) is 0 Å². The van der Waals surface area contributed by atoms with Crippen molar-refractivity contribution < 1.29 is 24.1 Å². The fraction of sp³-hybridized carbons (Fsp3) is 0.148. The molecule has 1 atom stereocenters. The molecule has 1 N–H and O–H groups in total. The van der Waals surface area contributed by atoms with Gasteiger partial charge in [0.05, 0.1) is 48.1 Å². The number of hydrogen-bond donors (Lipinski definition) is 1. The van der Waals surface area contributed by atoms with Crippen molar-refractivity contribution in [2.45, 2.75) is 12.2 Å². The average Bonchev–Trinajstić information content (AvgIpc) is 3.49. The van der Waals surface area contributed by atoms with Crippen LogP contribution in [0.15, 0.2) is 72.6 Å². The first kappa shape index (κ1) is 23.0. The van der Waals surface area contributed by atoms with Gasteiger partial charge in [0.1, 0.15) is 22.5 Å². The number of cyclic esters (lactones) is 1. The lowest BCUT2D eigenvalue weighted by atomic mass is 9.87. The van der Waals surface area contributed by atoms with Crippen molar-refractivity contribution in [3.05, 3.63) is 89.3 Å². The molecule has 0 bridgehead atoms. The van der Waals surface area contributed by atoms with E-state index in [0.717, 1.165) is 28.3 Å². The predicted octanol–water partition coefficient (Wildman–Crippen LogP) is 4.05. The van der Waals surface area contributed by atoms with Gasteiger partial charge in [-0.1, -0.05) is 12.1 Å². The highest BCUT2D eigenvalue weighted by Crippen LogP contribution is 2.48. The Kier molecular flexibility index (Phi) is 5.54. The number of rotatable bonds is 6. The number of carbonyl (C=O) groups is 1. The topological polar surface area (TPSA) is 117 Å². The number of carbonyl (C=O) groups excluding carboxylic acids is 1. The van der Waals surface area contributed by atoms with E-state index in [1.807, 2.05) is 18.2 Å². The molecule has 0 fully saturated rings. The van der Waals surface area contributed by atoms with E-state index in [1.54, 1.807) is 48.8 Å². The summed E-state index contributed by atoms with van der Waals surface area (Å²) in [4.78, 5) is 22.2. The van der Waals surface area contributed by atoms with Crippen LogP contribution in [0.5, 0.6) is 11.5 Å². The van der Waals surface area contributed by atoms with Crippen molar-refractivity contribution in [3.8, 4) is 11.5 Å². The molecule has 9 nitrogen and oxygen atoms in total. The first-order valence-electron chi connectivity index (χ1n) is 11.3. The van der Waals surface area contributed by atoms with Crippen molar-refractivity contribution in [1.29, 1.82) is 0 Å². The molecule has 0 amide bonds. The normalized spacial score (nSPS) is 17.4. The van der Waals surface area contributed by atoms with E-state index in [0.29, 0.717) is 33.7 Å². The van der Waals surface area contributed by atoms with Gasteiger partial charge in [-0.2, -0.15) is 8.75 Å². The van der Waals surface area contributed by atoms with Crippen molar-refractivity contribution in [1.82, 2.24) is 18.7 Å². The van der Waals surface area contributed by atoms with Crippen molar-refractivity contribution in [2.24, 2.45) is 0 Å². The Balaban J connectivity index is 1.58. The summed E-state index contributed by atoms with van der Waals surface area (Å²) in [7, 11) is 3.01. The monoisotopic (exact) mass is 512 g/mol. The smallest absolute Gasteiger partial charge is 0.342 e. The fourth-order valence-electron chi connectivity index (χ4n) is 4.60. The number of aromatic nitrogens is 4. The molecule has 37 heavy (non-hydrogen) atoms. The van der Waals surface area contributed by atoms with Crippen LogP contribution >= 0.6 is 11.7 Å². The number of benzene rings is 3. The second-order valence-electron chi connectivity index (χ2n) is 8.48. The highest BCUT2D eigenvalue weighted by molar-refractivity contribution is 7.00. The minimum atomic E-state index is -2.11. The molecule has 0 saturated heterocycles. The molecule has 6 rings (SSSR count). The van der Waals surface area contributed by atoms with Gasteiger partial charge in [-0.25, -0.2) is 4.79 Å². The number of hydrogen-bond acceptors (Lipinski definition) is 10. The zero-order valence-corrected chi connectivity index (χ0v) is 20.7. The lowest BCUT2D eigenvalue weighted by Gasteiger charge is -2.27. The Morgan fingerprint density at radius 1 is 0.892 bits per heavy atom. The molecule has 3 heterocycles. The van der Waals surface area contributed by atoms with Crippen molar-refractivity contribution >= 4 is 45.3 Å². The quantitative estimate of drug-likeness (QED) is 0.336. The molecule has 0 aliphatic carbocycles. The molecule has 10 heteroatoms. The Morgan fingerprint density at radius 2 is 1.68 bits per heavy atom. The Bertz CT molecular complexity index is 1720. The van der Waals surface area contributed by atoms with Gasteiger partial charge in [0.15, 0.2) is 0 Å².